The lowest BCUT2D eigenvalue weighted by atomic mass is 9.98. The van der Waals surface area contributed by atoms with Crippen molar-refractivity contribution in [3.8, 4) is 40.0 Å². The van der Waals surface area contributed by atoms with Crippen LogP contribution < -0.4 is 15.2 Å². The summed E-state index contributed by atoms with van der Waals surface area (Å²) in [4.78, 5) is 15.5. The second kappa shape index (κ2) is 8.53. The number of aliphatic carboxylic acids is 1. The van der Waals surface area contributed by atoms with E-state index in [1.54, 1.807) is 48.4 Å². The number of nitrogens with zero attached hydrogens (tertiary/aromatic N) is 4. The number of ether oxygens (including phenoxy) is 2. The number of carboxylic acids is 1. The van der Waals surface area contributed by atoms with E-state index in [0.717, 1.165) is 5.56 Å². The van der Waals surface area contributed by atoms with Crippen molar-refractivity contribution in [3.63, 3.8) is 0 Å². The molecule has 0 amide bonds. The Morgan fingerprint density at radius 3 is 2.70 bits per heavy atom. The number of hydrogen-bond donors (Lipinski definition) is 2. The van der Waals surface area contributed by atoms with Gasteiger partial charge in [0.1, 0.15) is 17.5 Å². The molecule has 3 N–H and O–H groups in total. The van der Waals surface area contributed by atoms with E-state index in [0.29, 0.717) is 34.9 Å². The Labute approximate surface area is 173 Å². The molecule has 1 unspecified atom stereocenters. The molecule has 2 heterocycles. The highest BCUT2D eigenvalue weighted by Gasteiger charge is 2.19. The maximum Gasteiger partial charge on any atom is 0.344 e. The Morgan fingerprint density at radius 2 is 2.10 bits per heavy atom. The highest BCUT2D eigenvalue weighted by Crippen LogP contribution is 2.37. The van der Waals surface area contributed by atoms with E-state index in [2.05, 4.69) is 16.2 Å². The molecule has 0 saturated carbocycles. The first-order chi connectivity index (χ1) is 14.3. The van der Waals surface area contributed by atoms with Crippen molar-refractivity contribution in [2.75, 3.05) is 12.3 Å². The quantitative estimate of drug-likeness (QED) is 0.610. The van der Waals surface area contributed by atoms with E-state index in [4.69, 9.17) is 20.3 Å². The summed E-state index contributed by atoms with van der Waals surface area (Å²) in [5.41, 5.74) is 8.86. The van der Waals surface area contributed by atoms with Crippen LogP contribution in [0.3, 0.4) is 0 Å². The lowest BCUT2D eigenvalue weighted by Gasteiger charge is -2.16. The number of nitrogens with two attached hydrogens (primary N) is 1. The number of carboxylic acid groups (broad SMARTS) is 1. The summed E-state index contributed by atoms with van der Waals surface area (Å²) in [6.07, 6.45) is 2.42. The van der Waals surface area contributed by atoms with Gasteiger partial charge in [-0.15, -0.1) is 0 Å². The van der Waals surface area contributed by atoms with Crippen LogP contribution in [0.5, 0.6) is 11.5 Å². The number of anilines is 1. The van der Waals surface area contributed by atoms with E-state index < -0.39 is 12.1 Å². The molecule has 0 aliphatic heterocycles. The van der Waals surface area contributed by atoms with Crippen LogP contribution in [0, 0.1) is 11.3 Å². The van der Waals surface area contributed by atoms with Crippen LogP contribution >= 0.6 is 0 Å². The molecule has 3 rings (SSSR count). The topological polar surface area (TPSA) is 136 Å². The minimum absolute atomic E-state index is 0.103. The standard InChI is InChI=1S/C21H21N5O4/c1-4-29-19-7-13(5-6-18(19)30-12(2)21(27)28)15-8-17(14-10-24-26(3)11-14)25-20(23)16(15)9-22/h5-8,10-12H,4H2,1-3H3,(H2,23,25)(H,27,28). The van der Waals surface area contributed by atoms with Crippen molar-refractivity contribution in [3.05, 3.63) is 42.2 Å². The second-order valence-electron chi connectivity index (χ2n) is 6.52. The molecule has 3 aromatic rings. The largest absolute Gasteiger partial charge is 0.490 e. The Kier molecular flexibility index (Phi) is 5.88. The van der Waals surface area contributed by atoms with E-state index in [-0.39, 0.29) is 11.4 Å². The third kappa shape index (κ3) is 4.17. The molecular weight excluding hydrogens is 386 g/mol. The fourth-order valence-corrected chi connectivity index (χ4v) is 2.89. The highest BCUT2D eigenvalue weighted by atomic mass is 16.5. The van der Waals surface area contributed by atoms with Crippen molar-refractivity contribution in [2.24, 2.45) is 7.05 Å². The van der Waals surface area contributed by atoms with Gasteiger partial charge in [0.2, 0.25) is 0 Å². The number of rotatable bonds is 7. The van der Waals surface area contributed by atoms with Gasteiger partial charge < -0.3 is 20.3 Å². The maximum atomic E-state index is 11.1. The summed E-state index contributed by atoms with van der Waals surface area (Å²) >= 11 is 0. The van der Waals surface area contributed by atoms with Gasteiger partial charge in [0.15, 0.2) is 17.6 Å². The average molecular weight is 407 g/mol. The number of carbonyl (C=O) groups is 1. The number of nitriles is 1. The third-order valence-electron chi connectivity index (χ3n) is 4.37. The van der Waals surface area contributed by atoms with E-state index in [1.807, 2.05) is 6.92 Å². The van der Waals surface area contributed by atoms with Crippen LogP contribution in [0.1, 0.15) is 19.4 Å². The van der Waals surface area contributed by atoms with Crippen LogP contribution in [0.4, 0.5) is 5.82 Å². The predicted molar refractivity (Wildman–Crippen MR) is 110 cm³/mol. The number of nitrogen functional groups attached to an aromatic ring is 1. The molecule has 0 radical (unpaired) electrons. The molecule has 0 bridgehead atoms. The monoisotopic (exact) mass is 407 g/mol. The average Bonchev–Trinajstić information content (AvgIpc) is 3.15. The Morgan fingerprint density at radius 1 is 1.33 bits per heavy atom. The molecule has 30 heavy (non-hydrogen) atoms. The normalized spacial score (nSPS) is 11.5. The van der Waals surface area contributed by atoms with Crippen LogP contribution in [-0.2, 0) is 11.8 Å². The predicted octanol–water partition coefficient (Wildman–Crippen LogP) is 2.85. The fourth-order valence-electron chi connectivity index (χ4n) is 2.89. The summed E-state index contributed by atoms with van der Waals surface area (Å²) in [6.45, 7) is 3.60. The van der Waals surface area contributed by atoms with Crippen molar-refractivity contribution in [1.29, 1.82) is 5.26 Å². The highest BCUT2D eigenvalue weighted by molar-refractivity contribution is 5.81. The maximum absolute atomic E-state index is 11.1. The summed E-state index contributed by atoms with van der Waals surface area (Å²) in [7, 11) is 1.79. The Hall–Kier alpha value is -4.06. The first-order valence-electron chi connectivity index (χ1n) is 9.20. The SMILES string of the molecule is CCOc1cc(-c2cc(-c3cnn(C)c3)nc(N)c2C#N)ccc1OC(C)C(=O)O. The first-order valence-corrected chi connectivity index (χ1v) is 9.20. The van der Waals surface area contributed by atoms with Gasteiger partial charge in [-0.05, 0) is 37.6 Å². The van der Waals surface area contributed by atoms with Gasteiger partial charge >= 0.3 is 5.97 Å². The zero-order valence-electron chi connectivity index (χ0n) is 16.8. The van der Waals surface area contributed by atoms with Gasteiger partial charge in [-0.3, -0.25) is 4.68 Å². The lowest BCUT2D eigenvalue weighted by molar-refractivity contribution is -0.144. The van der Waals surface area contributed by atoms with Crippen molar-refractivity contribution >= 4 is 11.8 Å². The van der Waals surface area contributed by atoms with E-state index in [9.17, 15) is 10.1 Å². The third-order valence-corrected chi connectivity index (χ3v) is 4.37. The molecular formula is C21H21N5O4. The minimum atomic E-state index is -1.09. The zero-order valence-corrected chi connectivity index (χ0v) is 16.8. The van der Waals surface area contributed by atoms with Crippen molar-refractivity contribution in [1.82, 2.24) is 14.8 Å². The van der Waals surface area contributed by atoms with Gasteiger partial charge in [0, 0.05) is 24.4 Å². The number of aromatic nitrogens is 3. The van der Waals surface area contributed by atoms with Crippen LogP contribution in [0.2, 0.25) is 0 Å². The number of benzene rings is 1. The fraction of sp³-hybridized carbons (Fsp3) is 0.238. The number of pyridine rings is 1. The molecule has 0 spiro atoms. The first kappa shape index (κ1) is 20.7. The van der Waals surface area contributed by atoms with Gasteiger partial charge in [-0.1, -0.05) is 6.07 Å². The minimum Gasteiger partial charge on any atom is -0.490 e. The van der Waals surface area contributed by atoms with Crippen molar-refractivity contribution < 1.29 is 19.4 Å². The van der Waals surface area contributed by atoms with Crippen LogP contribution in [0.15, 0.2) is 36.7 Å². The van der Waals surface area contributed by atoms with Gasteiger partial charge in [-0.2, -0.15) is 10.4 Å². The summed E-state index contributed by atoms with van der Waals surface area (Å²) in [6, 6.07) is 8.88. The molecule has 1 atom stereocenters. The second-order valence-corrected chi connectivity index (χ2v) is 6.52. The molecule has 9 heteroatoms. The molecule has 0 aliphatic rings. The number of aryl methyl sites for hydroxylation is 1. The molecule has 1 aromatic carbocycles. The molecule has 0 saturated heterocycles. The zero-order chi connectivity index (χ0) is 21.8. The molecule has 9 nitrogen and oxygen atoms in total. The summed E-state index contributed by atoms with van der Waals surface area (Å²) in [5.74, 6) is -0.322. The van der Waals surface area contributed by atoms with Gasteiger partial charge in [0.25, 0.3) is 0 Å². The Bertz CT molecular complexity index is 1130. The van der Waals surface area contributed by atoms with Gasteiger partial charge in [-0.25, -0.2) is 9.78 Å². The molecule has 2 aromatic heterocycles. The van der Waals surface area contributed by atoms with Crippen LogP contribution in [0.25, 0.3) is 22.4 Å². The summed E-state index contributed by atoms with van der Waals surface area (Å²) < 4.78 is 12.8. The smallest absolute Gasteiger partial charge is 0.344 e. The summed E-state index contributed by atoms with van der Waals surface area (Å²) in [5, 5.41) is 22.9. The number of hydrogen-bond acceptors (Lipinski definition) is 7. The van der Waals surface area contributed by atoms with E-state index in [1.165, 1.54) is 6.92 Å². The molecule has 0 fully saturated rings. The molecule has 154 valence electrons. The van der Waals surface area contributed by atoms with Gasteiger partial charge in [0.05, 0.1) is 18.5 Å². The Balaban J connectivity index is 2.12. The van der Waals surface area contributed by atoms with E-state index >= 15 is 0 Å². The van der Waals surface area contributed by atoms with Crippen LogP contribution in [-0.4, -0.2) is 38.6 Å². The molecule has 0 aliphatic carbocycles. The van der Waals surface area contributed by atoms with Crippen molar-refractivity contribution in [2.45, 2.75) is 20.0 Å². The lowest BCUT2D eigenvalue weighted by Crippen LogP contribution is -2.23.